The number of likely N-dealkylation sites (tertiary alicyclic amines) is 2. The average Bonchev–Trinajstić information content (AvgIpc) is 3.53. The number of benzene rings is 3. The highest BCUT2D eigenvalue weighted by Crippen LogP contribution is 2.41. The Labute approximate surface area is 217 Å². The highest BCUT2D eigenvalue weighted by Gasteiger charge is 2.45. The molecule has 0 bridgehead atoms. The van der Waals surface area contributed by atoms with Gasteiger partial charge in [0.1, 0.15) is 0 Å². The molecular formula is C30H32N4O3. The molecule has 3 aromatic carbocycles. The molecule has 3 aromatic rings. The average molecular weight is 497 g/mol. The topological polar surface area (TPSA) is 73.0 Å². The van der Waals surface area contributed by atoms with E-state index in [9.17, 15) is 14.4 Å². The van der Waals surface area contributed by atoms with Crippen LogP contribution in [0.1, 0.15) is 25.7 Å². The van der Waals surface area contributed by atoms with Crippen molar-refractivity contribution in [3.63, 3.8) is 0 Å². The monoisotopic (exact) mass is 496 g/mol. The summed E-state index contributed by atoms with van der Waals surface area (Å²) in [4.78, 5) is 44.6. The molecule has 6 rings (SSSR count). The lowest BCUT2D eigenvalue weighted by Crippen LogP contribution is -2.46. The Bertz CT molecular complexity index is 1330. The van der Waals surface area contributed by atoms with Crippen molar-refractivity contribution in [2.24, 2.45) is 11.3 Å². The van der Waals surface area contributed by atoms with Gasteiger partial charge in [-0.3, -0.25) is 9.59 Å². The van der Waals surface area contributed by atoms with Gasteiger partial charge in [0, 0.05) is 50.2 Å². The smallest absolute Gasteiger partial charge is 0.321 e. The van der Waals surface area contributed by atoms with Gasteiger partial charge < -0.3 is 20.0 Å². The number of rotatable bonds is 3. The summed E-state index contributed by atoms with van der Waals surface area (Å²) < 4.78 is 0. The number of hydrogen-bond acceptors (Lipinski definition) is 3. The SMILES string of the molecule is O=C(Nc1cccc2ccccc12)N1CCC2(CC1)CCN(C(=O)C1CC(=O)N(c3ccccc3)C1)C2. The van der Waals surface area contributed by atoms with Crippen molar-refractivity contribution in [3.05, 3.63) is 72.8 Å². The van der Waals surface area contributed by atoms with E-state index in [2.05, 4.69) is 5.32 Å². The van der Waals surface area contributed by atoms with Crippen LogP contribution < -0.4 is 10.2 Å². The van der Waals surface area contributed by atoms with E-state index in [0.29, 0.717) is 19.6 Å². The predicted molar refractivity (Wildman–Crippen MR) is 144 cm³/mol. The Morgan fingerprint density at radius 3 is 2.27 bits per heavy atom. The molecule has 3 heterocycles. The zero-order chi connectivity index (χ0) is 25.4. The van der Waals surface area contributed by atoms with Crippen LogP contribution in [0, 0.1) is 11.3 Å². The third kappa shape index (κ3) is 4.54. The lowest BCUT2D eigenvalue weighted by Gasteiger charge is -2.39. The zero-order valence-corrected chi connectivity index (χ0v) is 20.9. The highest BCUT2D eigenvalue weighted by atomic mass is 16.2. The maximum atomic E-state index is 13.4. The second-order valence-electron chi connectivity index (χ2n) is 10.7. The third-order valence-electron chi connectivity index (χ3n) is 8.43. The van der Waals surface area contributed by atoms with E-state index in [1.54, 1.807) is 4.90 Å². The van der Waals surface area contributed by atoms with Gasteiger partial charge in [0.2, 0.25) is 11.8 Å². The van der Waals surface area contributed by atoms with Gasteiger partial charge in [0.15, 0.2) is 0 Å². The lowest BCUT2D eigenvalue weighted by molar-refractivity contribution is -0.135. The second kappa shape index (κ2) is 9.54. The maximum Gasteiger partial charge on any atom is 0.321 e. The summed E-state index contributed by atoms with van der Waals surface area (Å²) in [5.74, 6) is -0.168. The molecule has 0 radical (unpaired) electrons. The number of urea groups is 1. The minimum absolute atomic E-state index is 0.0176. The molecule has 0 saturated carbocycles. The Morgan fingerprint density at radius 2 is 1.49 bits per heavy atom. The first-order valence-corrected chi connectivity index (χ1v) is 13.2. The van der Waals surface area contributed by atoms with Crippen molar-refractivity contribution in [3.8, 4) is 0 Å². The molecule has 190 valence electrons. The number of amides is 4. The number of nitrogens with zero attached hydrogens (tertiary/aromatic N) is 3. The molecule has 7 nitrogen and oxygen atoms in total. The molecule has 1 atom stereocenters. The summed E-state index contributed by atoms with van der Waals surface area (Å²) in [5, 5.41) is 5.24. The Kier molecular flexibility index (Phi) is 6.07. The van der Waals surface area contributed by atoms with Gasteiger partial charge in [-0.25, -0.2) is 4.79 Å². The fourth-order valence-corrected chi connectivity index (χ4v) is 6.23. The lowest BCUT2D eigenvalue weighted by atomic mass is 9.78. The molecular weight excluding hydrogens is 464 g/mol. The van der Waals surface area contributed by atoms with Gasteiger partial charge in [-0.2, -0.15) is 0 Å². The molecule has 3 fully saturated rings. The zero-order valence-electron chi connectivity index (χ0n) is 20.9. The molecule has 0 aromatic heterocycles. The molecule has 37 heavy (non-hydrogen) atoms. The number of piperidine rings is 1. The first-order valence-electron chi connectivity index (χ1n) is 13.2. The van der Waals surface area contributed by atoms with E-state index in [0.717, 1.165) is 54.5 Å². The minimum Gasteiger partial charge on any atom is -0.342 e. The number of nitrogens with one attached hydrogen (secondary N) is 1. The van der Waals surface area contributed by atoms with Crippen LogP contribution in [0.2, 0.25) is 0 Å². The molecule has 1 unspecified atom stereocenters. The fraction of sp³-hybridized carbons (Fsp3) is 0.367. The van der Waals surface area contributed by atoms with Gasteiger partial charge in [-0.05, 0) is 48.3 Å². The van der Waals surface area contributed by atoms with Crippen LogP contribution in [-0.4, -0.2) is 60.4 Å². The number of carbonyl (C=O) groups is 3. The van der Waals surface area contributed by atoms with Gasteiger partial charge in [0.05, 0.1) is 11.6 Å². The third-order valence-corrected chi connectivity index (χ3v) is 8.43. The van der Waals surface area contributed by atoms with Crippen LogP contribution in [-0.2, 0) is 9.59 Å². The number of anilines is 2. The summed E-state index contributed by atoms with van der Waals surface area (Å²) in [6.07, 6.45) is 3.01. The molecule has 3 saturated heterocycles. The molecule has 7 heteroatoms. The standard InChI is InChI=1S/C30H32N4O3/c35-27-19-23(20-34(27)24-9-2-1-3-10-24)28(36)33-18-15-30(21-33)13-16-32(17-14-30)29(37)31-26-12-6-8-22-7-4-5-11-25(22)26/h1-12,23H,13-21H2,(H,31,37). The fourth-order valence-electron chi connectivity index (χ4n) is 6.23. The van der Waals surface area contributed by atoms with E-state index >= 15 is 0 Å². The predicted octanol–water partition coefficient (Wildman–Crippen LogP) is 4.74. The first-order chi connectivity index (χ1) is 18.0. The summed E-state index contributed by atoms with van der Waals surface area (Å²) in [6.45, 7) is 3.27. The minimum atomic E-state index is -0.283. The van der Waals surface area contributed by atoms with Crippen LogP contribution in [0.25, 0.3) is 10.8 Å². The van der Waals surface area contributed by atoms with Gasteiger partial charge in [0.25, 0.3) is 0 Å². The summed E-state index contributed by atoms with van der Waals surface area (Å²) in [6, 6.07) is 23.5. The van der Waals surface area contributed by atoms with Crippen molar-refractivity contribution in [1.29, 1.82) is 0 Å². The molecule has 3 aliphatic heterocycles. The highest BCUT2D eigenvalue weighted by molar-refractivity contribution is 6.02. The second-order valence-corrected chi connectivity index (χ2v) is 10.7. The Balaban J connectivity index is 1.04. The van der Waals surface area contributed by atoms with Crippen LogP contribution in [0.4, 0.5) is 16.2 Å². The summed E-state index contributed by atoms with van der Waals surface area (Å²) in [5.41, 5.74) is 1.75. The van der Waals surface area contributed by atoms with E-state index in [4.69, 9.17) is 0 Å². The molecule has 0 aliphatic carbocycles. The van der Waals surface area contributed by atoms with Crippen LogP contribution in [0.3, 0.4) is 0 Å². The van der Waals surface area contributed by atoms with Crippen molar-refractivity contribution in [1.82, 2.24) is 9.80 Å². The van der Waals surface area contributed by atoms with Crippen LogP contribution in [0.5, 0.6) is 0 Å². The van der Waals surface area contributed by atoms with Crippen molar-refractivity contribution in [2.75, 3.05) is 42.9 Å². The number of hydrogen-bond donors (Lipinski definition) is 1. The molecule has 4 amide bonds. The van der Waals surface area contributed by atoms with Gasteiger partial charge >= 0.3 is 6.03 Å². The van der Waals surface area contributed by atoms with Crippen molar-refractivity contribution >= 4 is 40.0 Å². The van der Waals surface area contributed by atoms with E-state index in [-0.39, 0.29) is 35.6 Å². The van der Waals surface area contributed by atoms with E-state index in [1.807, 2.05) is 82.6 Å². The number of fused-ring (bicyclic) bond motifs is 1. The summed E-state index contributed by atoms with van der Waals surface area (Å²) >= 11 is 0. The molecule has 3 aliphatic rings. The molecule has 1 N–H and O–H groups in total. The molecule has 1 spiro atoms. The quantitative estimate of drug-likeness (QED) is 0.569. The normalized spacial score (nSPS) is 21.1. The van der Waals surface area contributed by atoms with E-state index in [1.165, 1.54) is 0 Å². The van der Waals surface area contributed by atoms with Crippen molar-refractivity contribution < 1.29 is 14.4 Å². The number of para-hydroxylation sites is 1. The van der Waals surface area contributed by atoms with Crippen LogP contribution in [0.15, 0.2) is 72.8 Å². The first kappa shape index (κ1) is 23.5. The largest absolute Gasteiger partial charge is 0.342 e. The summed E-state index contributed by atoms with van der Waals surface area (Å²) in [7, 11) is 0. The van der Waals surface area contributed by atoms with E-state index < -0.39 is 0 Å². The van der Waals surface area contributed by atoms with Crippen LogP contribution >= 0.6 is 0 Å². The Hall–Kier alpha value is -3.87. The van der Waals surface area contributed by atoms with Crippen molar-refractivity contribution in [2.45, 2.75) is 25.7 Å². The Morgan fingerprint density at radius 1 is 0.811 bits per heavy atom. The van der Waals surface area contributed by atoms with Gasteiger partial charge in [-0.1, -0.05) is 54.6 Å². The number of carbonyl (C=O) groups excluding carboxylic acids is 3. The van der Waals surface area contributed by atoms with Gasteiger partial charge in [-0.15, -0.1) is 0 Å². The maximum absolute atomic E-state index is 13.4.